The van der Waals surface area contributed by atoms with Crippen molar-refractivity contribution in [2.75, 3.05) is 17.3 Å². The summed E-state index contributed by atoms with van der Waals surface area (Å²) in [6.45, 7) is 1.71. The molecular weight excluding hydrogens is 366 g/mol. The number of benzene rings is 1. The van der Waals surface area contributed by atoms with Gasteiger partial charge < -0.3 is 5.11 Å². The molecule has 0 saturated heterocycles. The quantitative estimate of drug-likeness (QED) is 0.804. The number of hydrogen-bond acceptors (Lipinski definition) is 5. The molecule has 2 heterocycles. The average Bonchev–Trinajstić information content (AvgIpc) is 3.16. The van der Waals surface area contributed by atoms with Crippen molar-refractivity contribution in [2.24, 2.45) is 0 Å². The van der Waals surface area contributed by atoms with Crippen LogP contribution in [0.2, 0.25) is 5.02 Å². The summed E-state index contributed by atoms with van der Waals surface area (Å²) in [5, 5.41) is 11.5. The van der Waals surface area contributed by atoms with E-state index in [0.29, 0.717) is 32.5 Å². The summed E-state index contributed by atoms with van der Waals surface area (Å²) in [7, 11) is 0. The Morgan fingerprint density at radius 2 is 2.00 bits per heavy atom. The first kappa shape index (κ1) is 17.2. The van der Waals surface area contributed by atoms with Crippen LogP contribution in [-0.4, -0.2) is 29.3 Å². The van der Waals surface area contributed by atoms with Crippen molar-refractivity contribution < 1.29 is 14.7 Å². The summed E-state index contributed by atoms with van der Waals surface area (Å²) < 4.78 is 0. The van der Waals surface area contributed by atoms with E-state index < -0.39 is 0 Å². The Balaban J connectivity index is 2.09. The first-order valence-corrected chi connectivity index (χ1v) is 9.46. The molecule has 0 spiro atoms. The number of thiophene rings is 1. The van der Waals surface area contributed by atoms with Crippen molar-refractivity contribution in [1.29, 1.82) is 0 Å². The molecule has 0 saturated carbocycles. The summed E-state index contributed by atoms with van der Waals surface area (Å²) in [6, 6.07) is 8.81. The maximum absolute atomic E-state index is 13.0. The van der Waals surface area contributed by atoms with E-state index in [-0.39, 0.29) is 18.4 Å². The lowest BCUT2D eigenvalue weighted by atomic mass is 10.1. The van der Waals surface area contributed by atoms with E-state index in [1.807, 2.05) is 17.5 Å². The SMILES string of the molecule is Cc1c(Cl)cccc1N1C(=O)C(SCCO)=C(c2cccs2)C1=O. The van der Waals surface area contributed by atoms with Gasteiger partial charge in [0, 0.05) is 15.7 Å². The van der Waals surface area contributed by atoms with Gasteiger partial charge in [-0.25, -0.2) is 4.90 Å². The Kier molecular flexibility index (Phi) is 5.10. The van der Waals surface area contributed by atoms with Crippen LogP contribution < -0.4 is 4.90 Å². The van der Waals surface area contributed by atoms with Crippen LogP contribution in [0.1, 0.15) is 10.4 Å². The van der Waals surface area contributed by atoms with Gasteiger partial charge >= 0.3 is 0 Å². The highest BCUT2D eigenvalue weighted by Crippen LogP contribution is 2.41. The number of imide groups is 1. The number of amides is 2. The number of anilines is 1. The van der Waals surface area contributed by atoms with Crippen molar-refractivity contribution >= 4 is 57.8 Å². The summed E-state index contributed by atoms with van der Waals surface area (Å²) in [4.78, 5) is 28.2. The van der Waals surface area contributed by atoms with E-state index in [0.717, 1.165) is 4.88 Å². The second kappa shape index (κ2) is 7.11. The predicted molar refractivity (Wildman–Crippen MR) is 99.5 cm³/mol. The lowest BCUT2D eigenvalue weighted by Crippen LogP contribution is -2.32. The number of nitrogens with zero attached hydrogens (tertiary/aromatic N) is 1. The molecule has 4 nitrogen and oxygen atoms in total. The summed E-state index contributed by atoms with van der Waals surface area (Å²) in [6.07, 6.45) is 0. The fourth-order valence-corrected chi connectivity index (χ4v) is 4.34. The van der Waals surface area contributed by atoms with E-state index in [1.165, 1.54) is 28.0 Å². The minimum atomic E-state index is -0.368. The third kappa shape index (κ3) is 2.91. The van der Waals surface area contributed by atoms with E-state index in [9.17, 15) is 9.59 Å². The summed E-state index contributed by atoms with van der Waals surface area (Å²) in [5.41, 5.74) is 1.57. The van der Waals surface area contributed by atoms with Gasteiger partial charge in [0.2, 0.25) is 0 Å². The lowest BCUT2D eigenvalue weighted by molar-refractivity contribution is -0.119. The van der Waals surface area contributed by atoms with Crippen molar-refractivity contribution in [3.63, 3.8) is 0 Å². The second-order valence-electron chi connectivity index (χ2n) is 5.08. The molecule has 0 atom stereocenters. The van der Waals surface area contributed by atoms with Crippen LogP contribution in [0, 0.1) is 6.92 Å². The molecule has 2 aromatic rings. The lowest BCUT2D eigenvalue weighted by Gasteiger charge is -2.18. The van der Waals surface area contributed by atoms with Gasteiger partial charge in [-0.15, -0.1) is 23.1 Å². The van der Waals surface area contributed by atoms with Gasteiger partial charge in [-0.2, -0.15) is 0 Å². The van der Waals surface area contributed by atoms with E-state index in [4.69, 9.17) is 16.7 Å². The van der Waals surface area contributed by atoms with Crippen LogP contribution in [0.25, 0.3) is 5.57 Å². The maximum atomic E-state index is 13.0. The van der Waals surface area contributed by atoms with Crippen LogP contribution in [0.4, 0.5) is 5.69 Å². The van der Waals surface area contributed by atoms with E-state index >= 15 is 0 Å². The highest BCUT2D eigenvalue weighted by Gasteiger charge is 2.41. The molecule has 1 aliphatic heterocycles. The van der Waals surface area contributed by atoms with Gasteiger partial charge in [0.25, 0.3) is 11.8 Å². The number of aliphatic hydroxyl groups is 1. The van der Waals surface area contributed by atoms with Gasteiger partial charge in [-0.1, -0.05) is 23.7 Å². The van der Waals surface area contributed by atoms with Gasteiger partial charge in [-0.3, -0.25) is 9.59 Å². The van der Waals surface area contributed by atoms with Gasteiger partial charge in [0.1, 0.15) is 0 Å². The van der Waals surface area contributed by atoms with Gasteiger partial charge in [0.05, 0.1) is 22.8 Å². The van der Waals surface area contributed by atoms with Crippen molar-refractivity contribution in [1.82, 2.24) is 0 Å². The number of thioether (sulfide) groups is 1. The zero-order valence-corrected chi connectivity index (χ0v) is 15.2. The number of rotatable bonds is 5. The Morgan fingerprint density at radius 1 is 1.21 bits per heavy atom. The molecule has 7 heteroatoms. The molecular formula is C17H14ClNO3S2. The van der Waals surface area contributed by atoms with Crippen molar-refractivity contribution in [3.8, 4) is 0 Å². The molecule has 0 aliphatic carbocycles. The molecule has 1 aliphatic rings. The smallest absolute Gasteiger partial charge is 0.272 e. The highest BCUT2D eigenvalue weighted by atomic mass is 35.5. The summed E-state index contributed by atoms with van der Waals surface area (Å²) >= 11 is 8.75. The van der Waals surface area contributed by atoms with Crippen LogP contribution >= 0.6 is 34.7 Å². The van der Waals surface area contributed by atoms with Gasteiger partial charge in [0.15, 0.2) is 0 Å². The minimum Gasteiger partial charge on any atom is -0.396 e. The average molecular weight is 380 g/mol. The van der Waals surface area contributed by atoms with Gasteiger partial charge in [-0.05, 0) is 36.1 Å². The van der Waals surface area contributed by atoms with Crippen LogP contribution in [0.5, 0.6) is 0 Å². The van der Waals surface area contributed by atoms with E-state index in [2.05, 4.69) is 0 Å². The first-order chi connectivity index (χ1) is 11.6. The Labute approximate surface area is 152 Å². The normalized spacial score (nSPS) is 14.9. The number of carbonyl (C=O) groups excluding carboxylic acids is 2. The van der Waals surface area contributed by atoms with Crippen molar-refractivity contribution in [2.45, 2.75) is 6.92 Å². The number of halogens is 1. The molecule has 24 heavy (non-hydrogen) atoms. The minimum absolute atomic E-state index is 0.0659. The third-order valence-electron chi connectivity index (χ3n) is 3.63. The molecule has 1 N–H and O–H groups in total. The van der Waals surface area contributed by atoms with E-state index in [1.54, 1.807) is 25.1 Å². The second-order valence-corrected chi connectivity index (χ2v) is 7.54. The third-order valence-corrected chi connectivity index (χ3v) is 5.98. The fraction of sp³-hybridized carbons (Fsp3) is 0.176. The van der Waals surface area contributed by atoms with Crippen molar-refractivity contribution in [3.05, 3.63) is 56.1 Å². The Morgan fingerprint density at radius 3 is 2.67 bits per heavy atom. The van der Waals surface area contributed by atoms with Crippen LogP contribution in [0.15, 0.2) is 40.6 Å². The fourth-order valence-electron chi connectivity index (χ4n) is 2.49. The molecule has 0 radical (unpaired) electrons. The molecule has 3 rings (SSSR count). The standard InChI is InChI=1S/C17H14ClNO3S2/c1-10-11(18)4-2-5-12(10)19-16(21)14(13-6-3-8-23-13)15(17(19)22)24-9-7-20/h2-6,8,20H,7,9H2,1H3. The predicted octanol–water partition coefficient (Wildman–Crippen LogP) is 3.72. The summed E-state index contributed by atoms with van der Waals surface area (Å²) in [5.74, 6) is -0.369. The highest BCUT2D eigenvalue weighted by molar-refractivity contribution is 8.04. The number of carbonyl (C=O) groups is 2. The molecule has 2 amide bonds. The monoisotopic (exact) mass is 379 g/mol. The van der Waals surface area contributed by atoms with Crippen LogP contribution in [-0.2, 0) is 9.59 Å². The molecule has 0 fully saturated rings. The Hall–Kier alpha value is -1.60. The maximum Gasteiger partial charge on any atom is 0.272 e. The molecule has 0 unspecified atom stereocenters. The number of hydrogen-bond donors (Lipinski definition) is 1. The topological polar surface area (TPSA) is 57.6 Å². The molecule has 1 aromatic carbocycles. The first-order valence-electron chi connectivity index (χ1n) is 7.22. The number of aliphatic hydroxyl groups excluding tert-OH is 1. The zero-order chi connectivity index (χ0) is 17.3. The molecule has 124 valence electrons. The van der Waals surface area contributed by atoms with Crippen LogP contribution in [0.3, 0.4) is 0 Å². The Bertz CT molecular complexity index is 830. The largest absolute Gasteiger partial charge is 0.396 e. The molecule has 1 aromatic heterocycles. The zero-order valence-electron chi connectivity index (χ0n) is 12.8. The molecule has 0 bridgehead atoms.